The third kappa shape index (κ3) is 4.79. The highest BCUT2D eigenvalue weighted by Gasteiger charge is 2.31. The van der Waals surface area contributed by atoms with E-state index in [2.05, 4.69) is 29.4 Å². The number of esters is 2. The average molecular weight is 493 g/mol. The largest absolute Gasteiger partial charge is 0.489 e. The maximum atomic E-state index is 12.8. The van der Waals surface area contributed by atoms with Crippen LogP contribution in [0.15, 0.2) is 97.1 Å². The molecule has 0 aliphatic rings. The number of fused-ring (bicyclic) bond motifs is 1. The van der Waals surface area contributed by atoms with Crippen molar-refractivity contribution >= 4 is 22.7 Å². The Kier molecular flexibility index (Phi) is 6.68. The Balaban J connectivity index is 1.47. The summed E-state index contributed by atoms with van der Waals surface area (Å²) in [5.74, 6) is -0.722. The van der Waals surface area contributed by atoms with E-state index in [-0.39, 0.29) is 11.3 Å². The fraction of sp³-hybridized carbons (Fsp3) is 0.100. The molecule has 0 fully saturated rings. The Morgan fingerprint density at radius 1 is 0.757 bits per heavy atom. The van der Waals surface area contributed by atoms with Gasteiger partial charge in [-0.2, -0.15) is 5.10 Å². The van der Waals surface area contributed by atoms with E-state index in [1.807, 2.05) is 36.4 Å². The van der Waals surface area contributed by atoms with E-state index >= 15 is 0 Å². The number of hydrogen-bond acceptors (Lipinski definition) is 6. The van der Waals surface area contributed by atoms with Gasteiger partial charge in [-0.3, -0.25) is 0 Å². The maximum absolute atomic E-state index is 12.8. The lowest BCUT2D eigenvalue weighted by Crippen LogP contribution is -2.15. The molecule has 0 amide bonds. The highest BCUT2D eigenvalue weighted by Crippen LogP contribution is 2.30. The fourth-order valence-corrected chi connectivity index (χ4v) is 4.16. The third-order valence-corrected chi connectivity index (χ3v) is 6.00. The number of nitrogens with zero attached hydrogens (tertiary/aromatic N) is 2. The fourth-order valence-electron chi connectivity index (χ4n) is 4.16. The Labute approximate surface area is 213 Å². The zero-order chi connectivity index (χ0) is 25.8. The summed E-state index contributed by atoms with van der Waals surface area (Å²) < 4.78 is 17.4. The lowest BCUT2D eigenvalue weighted by molar-refractivity contribution is 0.0549. The van der Waals surface area contributed by atoms with E-state index in [4.69, 9.17) is 14.2 Å². The number of aromatic nitrogens is 2. The first-order valence-corrected chi connectivity index (χ1v) is 11.6. The second kappa shape index (κ2) is 10.4. The highest BCUT2D eigenvalue weighted by atomic mass is 16.5. The third-order valence-electron chi connectivity index (χ3n) is 6.00. The molecule has 0 N–H and O–H groups in total. The average Bonchev–Trinajstić information content (AvgIpc) is 3.36. The molecule has 0 aliphatic heterocycles. The molecular weight excluding hydrogens is 468 g/mol. The van der Waals surface area contributed by atoms with Gasteiger partial charge in [0, 0.05) is 5.56 Å². The molecule has 7 nitrogen and oxygen atoms in total. The van der Waals surface area contributed by atoms with Gasteiger partial charge in [0.25, 0.3) is 0 Å². The van der Waals surface area contributed by atoms with Crippen LogP contribution in [-0.2, 0) is 16.1 Å². The van der Waals surface area contributed by atoms with Gasteiger partial charge < -0.3 is 14.2 Å². The number of benzene rings is 4. The van der Waals surface area contributed by atoms with E-state index in [0.29, 0.717) is 29.3 Å². The summed E-state index contributed by atoms with van der Waals surface area (Å²) in [5.41, 5.74) is 2.61. The van der Waals surface area contributed by atoms with Crippen LogP contribution in [0.3, 0.4) is 0 Å². The van der Waals surface area contributed by atoms with Crippen molar-refractivity contribution in [2.24, 2.45) is 0 Å². The highest BCUT2D eigenvalue weighted by molar-refractivity contribution is 6.06. The zero-order valence-electron chi connectivity index (χ0n) is 20.4. The number of hydrogen-bond donors (Lipinski definition) is 0. The van der Waals surface area contributed by atoms with Gasteiger partial charge in [-0.15, -0.1) is 0 Å². The van der Waals surface area contributed by atoms with Crippen molar-refractivity contribution in [2.45, 2.75) is 6.61 Å². The van der Waals surface area contributed by atoms with Crippen LogP contribution in [-0.4, -0.2) is 35.9 Å². The Hall–Kier alpha value is -4.91. The molecule has 0 unspecified atom stereocenters. The number of para-hydroxylation sites is 1. The van der Waals surface area contributed by atoms with E-state index < -0.39 is 11.9 Å². The zero-order valence-corrected chi connectivity index (χ0v) is 20.4. The number of rotatable bonds is 7. The molecule has 184 valence electrons. The van der Waals surface area contributed by atoms with Crippen LogP contribution in [0, 0.1) is 0 Å². The topological polar surface area (TPSA) is 79.7 Å². The molecule has 1 aromatic heterocycles. The van der Waals surface area contributed by atoms with Crippen molar-refractivity contribution in [3.05, 3.63) is 114 Å². The maximum Gasteiger partial charge on any atom is 0.357 e. The van der Waals surface area contributed by atoms with E-state index in [1.165, 1.54) is 24.3 Å². The number of methoxy groups -OCH3 is 2. The van der Waals surface area contributed by atoms with Crippen molar-refractivity contribution in [3.8, 4) is 22.7 Å². The molecule has 0 saturated heterocycles. The second-order valence-corrected chi connectivity index (χ2v) is 8.30. The van der Waals surface area contributed by atoms with Crippen molar-refractivity contribution in [3.63, 3.8) is 0 Å². The van der Waals surface area contributed by atoms with Crippen molar-refractivity contribution in [1.29, 1.82) is 0 Å². The normalized spacial score (nSPS) is 10.8. The van der Waals surface area contributed by atoms with Crippen molar-refractivity contribution in [1.82, 2.24) is 9.78 Å². The molecule has 0 atom stereocenters. The summed E-state index contributed by atoms with van der Waals surface area (Å²) in [6.07, 6.45) is 0. The van der Waals surface area contributed by atoms with Crippen LogP contribution in [0.4, 0.5) is 0 Å². The van der Waals surface area contributed by atoms with Gasteiger partial charge in [-0.1, -0.05) is 54.6 Å². The van der Waals surface area contributed by atoms with Gasteiger partial charge in [0.2, 0.25) is 0 Å². The lowest BCUT2D eigenvalue weighted by atomic mass is 10.1. The van der Waals surface area contributed by atoms with Gasteiger partial charge in [-0.25, -0.2) is 14.3 Å². The summed E-state index contributed by atoms with van der Waals surface area (Å²) in [6, 6.07) is 30.7. The van der Waals surface area contributed by atoms with Crippen LogP contribution in [0.1, 0.15) is 26.4 Å². The summed E-state index contributed by atoms with van der Waals surface area (Å²) in [5, 5.41) is 6.95. The van der Waals surface area contributed by atoms with Gasteiger partial charge >= 0.3 is 11.9 Å². The number of ether oxygens (including phenoxy) is 3. The molecule has 0 bridgehead atoms. The molecule has 0 saturated carbocycles. The van der Waals surface area contributed by atoms with Crippen LogP contribution in [0.2, 0.25) is 0 Å². The molecular formula is C30H24N2O5. The molecule has 4 aromatic carbocycles. The van der Waals surface area contributed by atoms with Crippen molar-refractivity contribution in [2.75, 3.05) is 14.2 Å². The smallest absolute Gasteiger partial charge is 0.357 e. The Morgan fingerprint density at radius 3 is 2.14 bits per heavy atom. The van der Waals surface area contributed by atoms with Crippen LogP contribution >= 0.6 is 0 Å². The molecule has 0 spiro atoms. The van der Waals surface area contributed by atoms with Gasteiger partial charge in [-0.05, 0) is 58.8 Å². The first kappa shape index (κ1) is 23.8. The van der Waals surface area contributed by atoms with Crippen LogP contribution in [0.5, 0.6) is 5.75 Å². The van der Waals surface area contributed by atoms with Crippen LogP contribution < -0.4 is 4.74 Å². The lowest BCUT2D eigenvalue weighted by Gasteiger charge is -2.08. The van der Waals surface area contributed by atoms with Gasteiger partial charge in [0.15, 0.2) is 5.69 Å². The van der Waals surface area contributed by atoms with E-state index in [9.17, 15) is 9.59 Å². The van der Waals surface area contributed by atoms with Crippen molar-refractivity contribution < 1.29 is 23.8 Å². The molecule has 1 heterocycles. The second-order valence-electron chi connectivity index (χ2n) is 8.30. The molecule has 0 radical (unpaired) electrons. The molecule has 0 aliphatic carbocycles. The summed E-state index contributed by atoms with van der Waals surface area (Å²) in [4.78, 5) is 25.5. The SMILES string of the molecule is COC(=O)c1c(-c2ccc(OCc3ccc4ccccc4c3)cc2)nn(-c2ccccc2)c1C(=O)OC. The first-order chi connectivity index (χ1) is 18.1. The Bertz CT molecular complexity index is 1570. The minimum absolute atomic E-state index is 0.00724. The number of carbonyl (C=O) groups is 2. The minimum Gasteiger partial charge on any atom is -0.489 e. The monoisotopic (exact) mass is 492 g/mol. The van der Waals surface area contributed by atoms with Crippen LogP contribution in [0.25, 0.3) is 27.7 Å². The number of carbonyl (C=O) groups excluding carboxylic acids is 2. The summed E-state index contributed by atoms with van der Waals surface area (Å²) >= 11 is 0. The molecule has 7 heteroatoms. The van der Waals surface area contributed by atoms with E-state index in [1.54, 1.807) is 36.4 Å². The predicted molar refractivity (Wildman–Crippen MR) is 140 cm³/mol. The summed E-state index contributed by atoms with van der Waals surface area (Å²) in [7, 11) is 2.52. The predicted octanol–water partition coefficient (Wildman–Crippen LogP) is 5.84. The summed E-state index contributed by atoms with van der Waals surface area (Å²) in [6.45, 7) is 0.409. The molecule has 37 heavy (non-hydrogen) atoms. The van der Waals surface area contributed by atoms with Gasteiger partial charge in [0.05, 0.1) is 19.9 Å². The van der Waals surface area contributed by atoms with Gasteiger partial charge in [0.1, 0.15) is 23.6 Å². The Morgan fingerprint density at radius 2 is 1.43 bits per heavy atom. The molecule has 5 rings (SSSR count). The molecule has 5 aromatic rings. The quantitative estimate of drug-likeness (QED) is 0.265. The van der Waals surface area contributed by atoms with E-state index in [0.717, 1.165) is 10.9 Å². The first-order valence-electron chi connectivity index (χ1n) is 11.6. The minimum atomic E-state index is -0.696. The standard InChI is InChI=1S/C30H24N2O5/c1-35-29(33)26-27(31-32(28(26)30(34)36-2)24-10-4-3-5-11-24)22-14-16-25(17-15-22)37-19-20-12-13-21-8-6-7-9-23(21)18-20/h3-18H,19H2,1-2H3.